The zero-order valence-corrected chi connectivity index (χ0v) is 10.7. The topological polar surface area (TPSA) is 20.2 Å². The molecule has 1 nitrogen and oxygen atoms in total. The van der Waals surface area contributed by atoms with Crippen LogP contribution in [0.25, 0.3) is 0 Å². The molecule has 2 aromatic carbocycles. The van der Waals surface area contributed by atoms with Crippen LogP contribution in [0.3, 0.4) is 0 Å². The largest absolute Gasteiger partial charge is 0.388 e. The van der Waals surface area contributed by atoms with Gasteiger partial charge < -0.3 is 5.11 Å². The van der Waals surface area contributed by atoms with Gasteiger partial charge in [-0.2, -0.15) is 0 Å². The molecule has 0 fully saturated rings. The van der Waals surface area contributed by atoms with Gasteiger partial charge in [-0.25, -0.2) is 4.39 Å². The molecule has 2 rings (SSSR count). The Morgan fingerprint density at radius 3 is 2.41 bits per heavy atom. The molecule has 3 heteroatoms. The van der Waals surface area contributed by atoms with E-state index in [9.17, 15) is 9.50 Å². The van der Waals surface area contributed by atoms with Gasteiger partial charge in [-0.3, -0.25) is 0 Å². The van der Waals surface area contributed by atoms with Crippen molar-refractivity contribution in [3.63, 3.8) is 0 Å². The average molecular weight is 295 g/mol. The molecule has 1 N–H and O–H groups in total. The normalized spacial score (nSPS) is 12.4. The van der Waals surface area contributed by atoms with Crippen LogP contribution in [-0.2, 0) is 6.42 Å². The van der Waals surface area contributed by atoms with Gasteiger partial charge in [0.15, 0.2) is 0 Å². The van der Waals surface area contributed by atoms with E-state index in [0.29, 0.717) is 5.56 Å². The van der Waals surface area contributed by atoms with Crippen LogP contribution >= 0.6 is 15.9 Å². The molecule has 0 aliphatic carbocycles. The van der Waals surface area contributed by atoms with Gasteiger partial charge in [0.25, 0.3) is 0 Å². The van der Waals surface area contributed by atoms with Crippen LogP contribution in [0, 0.1) is 5.82 Å². The van der Waals surface area contributed by atoms with Crippen molar-refractivity contribution in [2.75, 3.05) is 0 Å². The number of benzene rings is 2. The van der Waals surface area contributed by atoms with Gasteiger partial charge in [0.2, 0.25) is 0 Å². The van der Waals surface area contributed by atoms with E-state index >= 15 is 0 Å². The molecule has 0 amide bonds. The van der Waals surface area contributed by atoms with Crippen molar-refractivity contribution in [2.24, 2.45) is 0 Å². The lowest BCUT2D eigenvalue weighted by molar-refractivity contribution is 0.176. The molecule has 0 heterocycles. The number of rotatable bonds is 3. The van der Waals surface area contributed by atoms with Gasteiger partial charge in [-0.05, 0) is 23.3 Å². The summed E-state index contributed by atoms with van der Waals surface area (Å²) in [4.78, 5) is 0. The number of hydrogen-bond acceptors (Lipinski definition) is 1. The minimum atomic E-state index is -0.706. The SMILES string of the molecule is OC(Cc1ccccc1F)c1ccccc1Br. The summed E-state index contributed by atoms with van der Waals surface area (Å²) in [6, 6.07) is 13.9. The summed E-state index contributed by atoms with van der Waals surface area (Å²) < 4.78 is 14.3. The van der Waals surface area contributed by atoms with Crippen LogP contribution in [0.4, 0.5) is 4.39 Å². The van der Waals surface area contributed by atoms with Crippen LogP contribution in [0.15, 0.2) is 53.0 Å². The van der Waals surface area contributed by atoms with E-state index in [1.165, 1.54) is 6.07 Å². The highest BCUT2D eigenvalue weighted by Gasteiger charge is 2.13. The van der Waals surface area contributed by atoms with E-state index in [1.807, 2.05) is 24.3 Å². The predicted octanol–water partition coefficient (Wildman–Crippen LogP) is 3.86. The molecule has 0 aromatic heterocycles. The fourth-order valence-electron chi connectivity index (χ4n) is 1.73. The van der Waals surface area contributed by atoms with E-state index in [2.05, 4.69) is 15.9 Å². The van der Waals surface area contributed by atoms with E-state index in [0.717, 1.165) is 10.0 Å². The zero-order valence-electron chi connectivity index (χ0n) is 9.11. The lowest BCUT2D eigenvalue weighted by Crippen LogP contribution is -2.04. The molecule has 0 bridgehead atoms. The van der Waals surface area contributed by atoms with Gasteiger partial charge in [-0.15, -0.1) is 0 Å². The minimum Gasteiger partial charge on any atom is -0.388 e. The Hall–Kier alpha value is -1.19. The molecule has 0 aliphatic rings. The quantitative estimate of drug-likeness (QED) is 0.911. The predicted molar refractivity (Wildman–Crippen MR) is 69.2 cm³/mol. The third-order valence-electron chi connectivity index (χ3n) is 2.64. The molecule has 0 aliphatic heterocycles. The van der Waals surface area contributed by atoms with Gasteiger partial charge in [0.1, 0.15) is 5.82 Å². The number of halogens is 2. The van der Waals surface area contributed by atoms with Crippen molar-refractivity contribution < 1.29 is 9.50 Å². The summed E-state index contributed by atoms with van der Waals surface area (Å²) in [5, 5.41) is 10.1. The summed E-state index contributed by atoms with van der Waals surface area (Å²) >= 11 is 3.38. The summed E-state index contributed by atoms with van der Waals surface area (Å²) in [6.07, 6.45) is -0.433. The van der Waals surface area contributed by atoms with E-state index < -0.39 is 6.10 Å². The Kier molecular flexibility index (Phi) is 3.92. The van der Waals surface area contributed by atoms with Crippen LogP contribution in [-0.4, -0.2) is 5.11 Å². The van der Waals surface area contributed by atoms with Crippen molar-refractivity contribution in [1.29, 1.82) is 0 Å². The van der Waals surface area contributed by atoms with Crippen LogP contribution in [0.5, 0.6) is 0 Å². The van der Waals surface area contributed by atoms with Gasteiger partial charge in [0.05, 0.1) is 6.10 Å². The highest BCUT2D eigenvalue weighted by molar-refractivity contribution is 9.10. The molecular formula is C14H12BrFO. The second-order valence-electron chi connectivity index (χ2n) is 3.83. The smallest absolute Gasteiger partial charge is 0.126 e. The minimum absolute atomic E-state index is 0.273. The number of aliphatic hydroxyl groups excluding tert-OH is 1. The monoisotopic (exact) mass is 294 g/mol. The highest BCUT2D eigenvalue weighted by Crippen LogP contribution is 2.26. The molecule has 0 saturated heterocycles. The number of hydrogen-bond donors (Lipinski definition) is 1. The maximum Gasteiger partial charge on any atom is 0.126 e. The summed E-state index contributed by atoms with van der Waals surface area (Å²) in [5.41, 5.74) is 1.30. The van der Waals surface area contributed by atoms with E-state index in [1.54, 1.807) is 18.2 Å². The second kappa shape index (κ2) is 5.43. The van der Waals surface area contributed by atoms with Crippen molar-refractivity contribution >= 4 is 15.9 Å². The molecule has 0 spiro atoms. The molecule has 0 saturated carbocycles. The third-order valence-corrected chi connectivity index (χ3v) is 3.36. The first kappa shape index (κ1) is 12.3. The zero-order chi connectivity index (χ0) is 12.3. The van der Waals surface area contributed by atoms with Gasteiger partial charge >= 0.3 is 0 Å². The number of aliphatic hydroxyl groups is 1. The molecular weight excluding hydrogens is 283 g/mol. The lowest BCUT2D eigenvalue weighted by Gasteiger charge is -2.13. The fourth-order valence-corrected chi connectivity index (χ4v) is 2.28. The molecule has 1 atom stereocenters. The molecule has 88 valence electrons. The molecule has 2 aromatic rings. The Bertz CT molecular complexity index is 513. The summed E-state index contributed by atoms with van der Waals surface area (Å²) in [6.45, 7) is 0. The Balaban J connectivity index is 2.20. The average Bonchev–Trinajstić information content (AvgIpc) is 2.32. The van der Waals surface area contributed by atoms with Crippen molar-refractivity contribution in [3.8, 4) is 0 Å². The Labute approximate surface area is 108 Å². The molecule has 0 radical (unpaired) electrons. The van der Waals surface area contributed by atoms with Gasteiger partial charge in [-0.1, -0.05) is 52.3 Å². The van der Waals surface area contributed by atoms with Crippen molar-refractivity contribution in [2.45, 2.75) is 12.5 Å². The summed E-state index contributed by atoms with van der Waals surface area (Å²) in [5.74, 6) is -0.279. The standard InChI is InChI=1S/C14H12BrFO/c15-12-7-3-2-6-11(12)14(17)9-10-5-1-4-8-13(10)16/h1-8,14,17H,9H2. The molecule has 17 heavy (non-hydrogen) atoms. The lowest BCUT2D eigenvalue weighted by atomic mass is 10.0. The van der Waals surface area contributed by atoms with Crippen LogP contribution < -0.4 is 0 Å². The van der Waals surface area contributed by atoms with E-state index in [4.69, 9.17) is 0 Å². The van der Waals surface area contributed by atoms with Crippen molar-refractivity contribution in [3.05, 3.63) is 69.9 Å². The van der Waals surface area contributed by atoms with E-state index in [-0.39, 0.29) is 12.2 Å². The molecule has 1 unspecified atom stereocenters. The third kappa shape index (κ3) is 2.93. The summed E-state index contributed by atoms with van der Waals surface area (Å²) in [7, 11) is 0. The first-order valence-corrected chi connectivity index (χ1v) is 6.13. The maximum atomic E-state index is 13.4. The first-order valence-electron chi connectivity index (χ1n) is 5.34. The maximum absolute atomic E-state index is 13.4. The highest BCUT2D eigenvalue weighted by atomic mass is 79.9. The second-order valence-corrected chi connectivity index (χ2v) is 4.69. The van der Waals surface area contributed by atoms with Crippen LogP contribution in [0.2, 0.25) is 0 Å². The van der Waals surface area contributed by atoms with Gasteiger partial charge in [0, 0.05) is 10.9 Å². The van der Waals surface area contributed by atoms with Crippen molar-refractivity contribution in [1.82, 2.24) is 0 Å². The van der Waals surface area contributed by atoms with Crippen LogP contribution in [0.1, 0.15) is 17.2 Å². The Morgan fingerprint density at radius 1 is 1.06 bits per heavy atom. The fraction of sp³-hybridized carbons (Fsp3) is 0.143. The first-order chi connectivity index (χ1) is 8.18. The Morgan fingerprint density at radius 2 is 1.71 bits per heavy atom.